The maximum atomic E-state index is 12.6. The third-order valence-corrected chi connectivity index (χ3v) is 4.87. The molecule has 1 unspecified atom stereocenters. The summed E-state index contributed by atoms with van der Waals surface area (Å²) in [6.45, 7) is 5.73. The smallest absolute Gasteiger partial charge is 0.415 e. The molecular weight excluding hydrogens is 392 g/mol. The van der Waals surface area contributed by atoms with Gasteiger partial charge in [0.25, 0.3) is 5.91 Å². The van der Waals surface area contributed by atoms with Crippen LogP contribution in [0.4, 0.5) is 10.5 Å². The topological polar surface area (TPSA) is 99.7 Å². The van der Waals surface area contributed by atoms with Crippen molar-refractivity contribution in [2.24, 2.45) is 5.73 Å². The van der Waals surface area contributed by atoms with E-state index < -0.39 is 12.2 Å². The molecule has 0 saturated heterocycles. The predicted octanol–water partition coefficient (Wildman–Crippen LogP) is 4.11. The molecule has 1 atom stereocenters. The molecule has 0 heterocycles. The molecule has 2 N–H and O–H groups in total. The van der Waals surface area contributed by atoms with Crippen LogP contribution in [0.1, 0.15) is 56.3 Å². The van der Waals surface area contributed by atoms with Crippen LogP contribution in [0, 0.1) is 11.3 Å². The van der Waals surface area contributed by atoms with Gasteiger partial charge in [-0.2, -0.15) is 5.26 Å². The summed E-state index contributed by atoms with van der Waals surface area (Å²) in [5.41, 5.74) is 6.56. The van der Waals surface area contributed by atoms with E-state index >= 15 is 0 Å². The predicted molar refractivity (Wildman–Crippen MR) is 115 cm³/mol. The van der Waals surface area contributed by atoms with Crippen molar-refractivity contribution in [3.8, 4) is 6.07 Å². The molecule has 1 aromatic rings. The number of nitrogens with two attached hydrogens (primary N) is 1. The van der Waals surface area contributed by atoms with Crippen molar-refractivity contribution >= 4 is 29.3 Å². The van der Waals surface area contributed by atoms with Crippen LogP contribution in [0.5, 0.6) is 0 Å². The average Bonchev–Trinajstić information content (AvgIpc) is 2.73. The number of benzene rings is 1. The minimum atomic E-state index is -0.609. The largest absolute Gasteiger partial charge is 0.445 e. The van der Waals surface area contributed by atoms with Crippen LogP contribution in [0.3, 0.4) is 0 Å². The number of halogens is 1. The number of carbonyl (C=O) groups is 2. The first-order valence-electron chi connectivity index (χ1n) is 10.0. The zero-order valence-corrected chi connectivity index (χ0v) is 18.0. The van der Waals surface area contributed by atoms with Crippen LogP contribution in [0.15, 0.2) is 24.3 Å². The summed E-state index contributed by atoms with van der Waals surface area (Å²) in [7, 11) is 0. The molecule has 0 bridgehead atoms. The fourth-order valence-electron chi connectivity index (χ4n) is 2.90. The van der Waals surface area contributed by atoms with Crippen molar-refractivity contribution in [1.82, 2.24) is 4.90 Å². The molecule has 0 aliphatic rings. The Hall–Kier alpha value is -2.30. The Morgan fingerprint density at radius 2 is 1.83 bits per heavy atom. The molecule has 0 saturated carbocycles. The molecule has 0 spiro atoms. The fourth-order valence-corrected chi connectivity index (χ4v) is 3.14. The van der Waals surface area contributed by atoms with Crippen LogP contribution >= 0.6 is 11.6 Å². The quantitative estimate of drug-likeness (QED) is 0.310. The van der Waals surface area contributed by atoms with Crippen molar-refractivity contribution in [2.75, 3.05) is 30.5 Å². The molecule has 8 heteroatoms. The molecule has 1 aromatic carbocycles. The first kappa shape index (κ1) is 24.7. The number of alkyl halides is 1. The van der Waals surface area contributed by atoms with Gasteiger partial charge in [0, 0.05) is 24.3 Å². The van der Waals surface area contributed by atoms with Gasteiger partial charge in [0.2, 0.25) is 0 Å². The average molecular weight is 423 g/mol. The SMILES string of the molecule is CCN(CC)C(=O)c1ccc(N(CCl)C(=O)OC(CC#N)CCCCCN)cc1. The Morgan fingerprint density at radius 1 is 1.17 bits per heavy atom. The van der Waals surface area contributed by atoms with Crippen LogP contribution in [0.2, 0.25) is 0 Å². The van der Waals surface area contributed by atoms with Gasteiger partial charge in [-0.1, -0.05) is 6.42 Å². The third-order valence-electron chi connectivity index (χ3n) is 4.63. The number of unbranched alkanes of at least 4 members (excludes halogenated alkanes) is 2. The highest BCUT2D eigenvalue weighted by atomic mass is 35.5. The van der Waals surface area contributed by atoms with Crippen molar-refractivity contribution in [3.05, 3.63) is 29.8 Å². The standard InChI is InChI=1S/C21H31ClN4O3/c1-3-25(4-2)20(27)17-9-11-18(12-10-17)26(16-22)21(28)29-19(13-15-24)8-6-5-7-14-23/h9-12,19H,3-8,13-14,16,23H2,1-2H3. The highest BCUT2D eigenvalue weighted by molar-refractivity contribution is 6.21. The number of nitrogens with zero attached hydrogens (tertiary/aromatic N) is 3. The molecule has 29 heavy (non-hydrogen) atoms. The van der Waals surface area contributed by atoms with E-state index in [0.29, 0.717) is 37.3 Å². The van der Waals surface area contributed by atoms with E-state index in [9.17, 15) is 9.59 Å². The molecule has 0 aliphatic carbocycles. The van der Waals surface area contributed by atoms with Crippen LogP contribution in [-0.2, 0) is 4.74 Å². The van der Waals surface area contributed by atoms with Crippen LogP contribution < -0.4 is 10.6 Å². The maximum Gasteiger partial charge on any atom is 0.415 e. The summed E-state index contributed by atoms with van der Waals surface area (Å²) in [5, 5.41) is 9.00. The molecule has 0 aromatic heterocycles. The molecule has 0 radical (unpaired) electrons. The number of nitriles is 1. The van der Waals surface area contributed by atoms with Gasteiger partial charge < -0.3 is 15.4 Å². The second kappa shape index (κ2) is 13.8. The monoisotopic (exact) mass is 422 g/mol. The van der Waals surface area contributed by atoms with Gasteiger partial charge in [0.05, 0.1) is 12.5 Å². The number of amides is 2. The van der Waals surface area contributed by atoms with Gasteiger partial charge in [0.15, 0.2) is 0 Å². The lowest BCUT2D eigenvalue weighted by Gasteiger charge is -2.23. The van der Waals surface area contributed by atoms with Gasteiger partial charge in [0.1, 0.15) is 12.1 Å². The number of hydrogen-bond acceptors (Lipinski definition) is 5. The van der Waals surface area contributed by atoms with E-state index in [1.54, 1.807) is 29.2 Å². The van der Waals surface area contributed by atoms with E-state index in [4.69, 9.17) is 27.3 Å². The summed E-state index contributed by atoms with van der Waals surface area (Å²) in [4.78, 5) is 28.0. The molecule has 0 aliphatic heterocycles. The Kier molecular flexibility index (Phi) is 11.8. The van der Waals surface area contributed by atoms with Gasteiger partial charge in [-0.25, -0.2) is 4.79 Å². The van der Waals surface area contributed by atoms with Gasteiger partial charge >= 0.3 is 6.09 Å². The van der Waals surface area contributed by atoms with Crippen LogP contribution in [0.25, 0.3) is 0 Å². The number of hydrogen-bond donors (Lipinski definition) is 1. The van der Waals surface area contributed by atoms with E-state index in [-0.39, 0.29) is 18.3 Å². The summed E-state index contributed by atoms with van der Waals surface area (Å²) < 4.78 is 5.50. The fraction of sp³-hybridized carbons (Fsp3) is 0.571. The third kappa shape index (κ3) is 7.92. The van der Waals surface area contributed by atoms with Crippen LogP contribution in [-0.4, -0.2) is 48.6 Å². The van der Waals surface area contributed by atoms with E-state index in [1.807, 2.05) is 13.8 Å². The molecule has 160 valence electrons. The number of anilines is 1. The first-order valence-corrected chi connectivity index (χ1v) is 10.6. The Morgan fingerprint density at radius 3 is 2.34 bits per heavy atom. The highest BCUT2D eigenvalue weighted by Crippen LogP contribution is 2.20. The van der Waals surface area contributed by atoms with Gasteiger partial charge in [-0.05, 0) is 63.9 Å². The molecule has 1 rings (SSSR count). The normalized spacial score (nSPS) is 11.4. The Balaban J connectivity index is 2.80. The lowest BCUT2D eigenvalue weighted by molar-refractivity contribution is 0.0773. The zero-order chi connectivity index (χ0) is 21.6. The second-order valence-corrected chi connectivity index (χ2v) is 6.82. The van der Waals surface area contributed by atoms with Crippen molar-refractivity contribution in [1.29, 1.82) is 5.26 Å². The lowest BCUT2D eigenvalue weighted by atomic mass is 10.1. The Labute approximate surface area is 178 Å². The van der Waals surface area contributed by atoms with E-state index in [1.165, 1.54) is 4.90 Å². The van der Waals surface area contributed by atoms with Crippen molar-refractivity contribution < 1.29 is 14.3 Å². The summed E-state index contributed by atoms with van der Waals surface area (Å²) in [6, 6.07) is 8.63. The minimum absolute atomic E-state index is 0.0619. The summed E-state index contributed by atoms with van der Waals surface area (Å²) in [5.74, 6) is -0.0619. The molecule has 2 amide bonds. The summed E-state index contributed by atoms with van der Waals surface area (Å²) in [6.07, 6.45) is 2.30. The van der Waals surface area contributed by atoms with Crippen molar-refractivity contribution in [3.63, 3.8) is 0 Å². The first-order chi connectivity index (χ1) is 14.0. The van der Waals surface area contributed by atoms with Gasteiger partial charge in [-0.3, -0.25) is 9.69 Å². The number of carbonyl (C=O) groups excluding carboxylic acids is 2. The number of rotatable bonds is 12. The Bertz CT molecular complexity index is 671. The lowest BCUT2D eigenvalue weighted by Crippen LogP contribution is -2.34. The molecular formula is C21H31ClN4O3. The van der Waals surface area contributed by atoms with Gasteiger partial charge in [-0.15, -0.1) is 11.6 Å². The minimum Gasteiger partial charge on any atom is -0.445 e. The van der Waals surface area contributed by atoms with E-state index in [0.717, 1.165) is 19.3 Å². The van der Waals surface area contributed by atoms with E-state index in [2.05, 4.69) is 6.07 Å². The highest BCUT2D eigenvalue weighted by Gasteiger charge is 2.22. The van der Waals surface area contributed by atoms with Crippen molar-refractivity contribution in [2.45, 2.75) is 52.1 Å². The zero-order valence-electron chi connectivity index (χ0n) is 17.3. The maximum absolute atomic E-state index is 12.6. The second-order valence-electron chi connectivity index (χ2n) is 6.58. The molecule has 7 nitrogen and oxygen atoms in total. The number of ether oxygens (including phenoxy) is 1. The molecule has 0 fully saturated rings. The summed E-state index contributed by atoms with van der Waals surface area (Å²) >= 11 is 5.97.